The molecule has 0 bridgehead atoms. The molecule has 0 unspecified atom stereocenters. The summed E-state index contributed by atoms with van der Waals surface area (Å²) in [6, 6.07) is 0. The molecule has 1 heterocycles. The van der Waals surface area contributed by atoms with E-state index in [0.29, 0.717) is 25.2 Å². The minimum absolute atomic E-state index is 0.324. The fourth-order valence-electron chi connectivity index (χ4n) is 1.25. The normalized spacial score (nSPS) is 21.8. The topological polar surface area (TPSA) is 55.8 Å². The molecule has 13 heavy (non-hydrogen) atoms. The fourth-order valence-corrected chi connectivity index (χ4v) is 1.25. The molecule has 1 N–H and O–H groups in total. The molecule has 4 heteroatoms. The van der Waals surface area contributed by atoms with Crippen LogP contribution in [0.25, 0.3) is 0 Å². The lowest BCUT2D eigenvalue weighted by atomic mass is 10.1. The number of carboxylic acids is 1. The molecular weight excluding hydrogens is 172 g/mol. The van der Waals surface area contributed by atoms with Gasteiger partial charge in [-0.15, -0.1) is 0 Å². The Labute approximate surface area is 77.1 Å². The summed E-state index contributed by atoms with van der Waals surface area (Å²) in [5.41, 5.74) is 0.324. The molecule has 74 valence electrons. The first-order valence-electron chi connectivity index (χ1n) is 4.30. The zero-order valence-corrected chi connectivity index (χ0v) is 7.87. The van der Waals surface area contributed by atoms with Crippen molar-refractivity contribution < 1.29 is 19.4 Å². The van der Waals surface area contributed by atoms with Crippen LogP contribution in [-0.2, 0) is 14.3 Å². The second kappa shape index (κ2) is 3.89. The molecule has 0 aromatic rings. The summed E-state index contributed by atoms with van der Waals surface area (Å²) >= 11 is 0. The second-order valence-electron chi connectivity index (χ2n) is 3.04. The van der Waals surface area contributed by atoms with E-state index in [1.807, 2.05) is 0 Å². The van der Waals surface area contributed by atoms with Crippen molar-refractivity contribution in [2.24, 2.45) is 0 Å². The average Bonchev–Trinajstić information content (AvgIpc) is 2.48. The van der Waals surface area contributed by atoms with E-state index in [9.17, 15) is 4.79 Å². The van der Waals surface area contributed by atoms with Gasteiger partial charge >= 0.3 is 5.97 Å². The molecule has 0 amide bonds. The smallest absolute Gasteiger partial charge is 0.331 e. The maximum absolute atomic E-state index is 10.7. The number of rotatable bonds is 3. The van der Waals surface area contributed by atoms with Gasteiger partial charge in [-0.05, 0) is 19.4 Å². The summed E-state index contributed by atoms with van der Waals surface area (Å²) in [4.78, 5) is 10.7. The van der Waals surface area contributed by atoms with E-state index >= 15 is 0 Å². The second-order valence-corrected chi connectivity index (χ2v) is 3.04. The van der Waals surface area contributed by atoms with Gasteiger partial charge in [-0.25, -0.2) is 4.79 Å². The quantitative estimate of drug-likeness (QED) is 0.672. The summed E-state index contributed by atoms with van der Waals surface area (Å²) in [5, 5.41) is 8.77. The van der Waals surface area contributed by atoms with Crippen LogP contribution in [0.1, 0.15) is 20.3 Å². The van der Waals surface area contributed by atoms with Gasteiger partial charge in [0.2, 0.25) is 0 Å². The average molecular weight is 186 g/mol. The molecule has 4 nitrogen and oxygen atoms in total. The first-order valence-corrected chi connectivity index (χ1v) is 4.30. The Morgan fingerprint density at radius 2 is 2.08 bits per heavy atom. The summed E-state index contributed by atoms with van der Waals surface area (Å²) in [6.07, 6.45) is 2.00. The van der Waals surface area contributed by atoms with Crippen LogP contribution in [0, 0.1) is 0 Å². The van der Waals surface area contributed by atoms with Crippen molar-refractivity contribution in [2.75, 3.05) is 13.2 Å². The van der Waals surface area contributed by atoms with Crippen molar-refractivity contribution in [1.29, 1.82) is 0 Å². The maximum atomic E-state index is 10.7. The predicted molar refractivity (Wildman–Crippen MR) is 46.3 cm³/mol. The summed E-state index contributed by atoms with van der Waals surface area (Å²) < 4.78 is 10.5. The molecule has 1 fully saturated rings. The Bertz CT molecular complexity index is 226. The summed E-state index contributed by atoms with van der Waals surface area (Å²) in [6.45, 7) is 4.55. The lowest BCUT2D eigenvalue weighted by molar-refractivity contribution is -0.134. The van der Waals surface area contributed by atoms with Gasteiger partial charge in [-0.3, -0.25) is 0 Å². The third kappa shape index (κ3) is 2.54. The molecule has 1 saturated heterocycles. The van der Waals surface area contributed by atoms with Crippen LogP contribution in [0.4, 0.5) is 0 Å². The molecule has 0 aliphatic carbocycles. The third-order valence-corrected chi connectivity index (χ3v) is 1.95. The van der Waals surface area contributed by atoms with Crippen molar-refractivity contribution in [1.82, 2.24) is 0 Å². The highest BCUT2D eigenvalue weighted by atomic mass is 16.7. The van der Waals surface area contributed by atoms with E-state index in [2.05, 4.69) is 0 Å². The highest BCUT2D eigenvalue weighted by Crippen LogP contribution is 2.22. The summed E-state index contributed by atoms with van der Waals surface area (Å²) in [5.74, 6) is -1.76. The van der Waals surface area contributed by atoms with E-state index in [0.717, 1.165) is 0 Å². The van der Waals surface area contributed by atoms with Crippen LogP contribution < -0.4 is 0 Å². The van der Waals surface area contributed by atoms with Crippen molar-refractivity contribution in [2.45, 2.75) is 26.1 Å². The van der Waals surface area contributed by atoms with E-state index in [-0.39, 0.29) is 0 Å². The van der Waals surface area contributed by atoms with Gasteiger partial charge in [0.1, 0.15) is 0 Å². The molecular formula is C9H14O4. The largest absolute Gasteiger partial charge is 0.478 e. The summed E-state index contributed by atoms with van der Waals surface area (Å²) in [7, 11) is 0. The number of hydrogen-bond acceptors (Lipinski definition) is 3. The van der Waals surface area contributed by atoms with Crippen LogP contribution in [0.2, 0.25) is 0 Å². The van der Waals surface area contributed by atoms with Crippen LogP contribution in [0.3, 0.4) is 0 Å². The molecule has 0 aromatic heterocycles. The molecule has 0 atom stereocenters. The van der Waals surface area contributed by atoms with E-state index in [4.69, 9.17) is 14.6 Å². The molecule has 0 radical (unpaired) electrons. The lowest BCUT2D eigenvalue weighted by Gasteiger charge is -2.18. The lowest BCUT2D eigenvalue weighted by Crippen LogP contribution is -2.23. The highest BCUT2D eigenvalue weighted by Gasteiger charge is 2.29. The van der Waals surface area contributed by atoms with Crippen molar-refractivity contribution >= 4 is 5.97 Å². The molecule has 0 saturated carbocycles. The Morgan fingerprint density at radius 3 is 2.46 bits per heavy atom. The molecule has 1 aliphatic rings. The Hall–Kier alpha value is -0.870. The Kier molecular flexibility index (Phi) is 3.06. The van der Waals surface area contributed by atoms with E-state index in [1.54, 1.807) is 13.8 Å². The van der Waals surface area contributed by atoms with Gasteiger partial charge in [-0.1, -0.05) is 6.92 Å². The van der Waals surface area contributed by atoms with E-state index < -0.39 is 11.8 Å². The molecule has 1 aliphatic heterocycles. The van der Waals surface area contributed by atoms with E-state index in [1.165, 1.54) is 6.08 Å². The Morgan fingerprint density at radius 1 is 1.54 bits per heavy atom. The highest BCUT2D eigenvalue weighted by molar-refractivity contribution is 5.86. The molecule has 0 aromatic carbocycles. The van der Waals surface area contributed by atoms with Gasteiger partial charge in [0.15, 0.2) is 5.79 Å². The van der Waals surface area contributed by atoms with Crippen LogP contribution in [0.15, 0.2) is 11.6 Å². The first kappa shape index (κ1) is 10.2. The standard InChI is InChI=1S/C9H14O4/c1-3-7(8(10)11)6-9(2)12-4-5-13-9/h6H,3-5H2,1-2H3,(H,10,11). The molecule has 1 rings (SSSR count). The predicted octanol–water partition coefficient (Wildman–Crippen LogP) is 1.17. The minimum atomic E-state index is -0.914. The van der Waals surface area contributed by atoms with Gasteiger partial charge < -0.3 is 14.6 Å². The van der Waals surface area contributed by atoms with Gasteiger partial charge in [-0.2, -0.15) is 0 Å². The van der Waals surface area contributed by atoms with Crippen molar-refractivity contribution in [3.8, 4) is 0 Å². The zero-order valence-electron chi connectivity index (χ0n) is 7.87. The maximum Gasteiger partial charge on any atom is 0.331 e. The first-order chi connectivity index (χ1) is 6.07. The van der Waals surface area contributed by atoms with Crippen LogP contribution >= 0.6 is 0 Å². The zero-order chi connectivity index (χ0) is 9.90. The number of hydrogen-bond donors (Lipinski definition) is 1. The van der Waals surface area contributed by atoms with Crippen molar-refractivity contribution in [3.05, 3.63) is 11.6 Å². The number of ether oxygens (including phenoxy) is 2. The molecule has 0 spiro atoms. The van der Waals surface area contributed by atoms with Gasteiger partial charge in [0.05, 0.1) is 13.2 Å². The SMILES string of the molecule is CCC(=CC1(C)OCCO1)C(=O)O. The minimum Gasteiger partial charge on any atom is -0.478 e. The number of aliphatic carboxylic acids is 1. The Balaban J connectivity index is 2.76. The van der Waals surface area contributed by atoms with Gasteiger partial charge in [0.25, 0.3) is 0 Å². The number of carbonyl (C=O) groups is 1. The van der Waals surface area contributed by atoms with Gasteiger partial charge in [0, 0.05) is 5.57 Å². The van der Waals surface area contributed by atoms with Crippen molar-refractivity contribution in [3.63, 3.8) is 0 Å². The monoisotopic (exact) mass is 186 g/mol. The van der Waals surface area contributed by atoms with Crippen LogP contribution in [0.5, 0.6) is 0 Å². The van der Waals surface area contributed by atoms with Crippen LogP contribution in [-0.4, -0.2) is 30.1 Å². The fraction of sp³-hybridized carbons (Fsp3) is 0.667. The third-order valence-electron chi connectivity index (χ3n) is 1.95. The number of carboxylic acid groups (broad SMARTS) is 1.